The molecule has 0 aromatic rings. The first kappa shape index (κ1) is 11.8. The van der Waals surface area contributed by atoms with Crippen LogP contribution >= 0.6 is 0 Å². The summed E-state index contributed by atoms with van der Waals surface area (Å²) >= 11 is 0. The van der Waals surface area contributed by atoms with Gasteiger partial charge in [-0.3, -0.25) is 9.79 Å². The molecule has 0 amide bonds. The van der Waals surface area contributed by atoms with Crippen molar-refractivity contribution in [3.05, 3.63) is 35.1 Å². The summed E-state index contributed by atoms with van der Waals surface area (Å²) in [7, 11) is 0. The van der Waals surface area contributed by atoms with E-state index in [0.717, 1.165) is 11.1 Å². The normalized spacial score (nSPS) is 22.0. The summed E-state index contributed by atoms with van der Waals surface area (Å²) in [6.07, 6.45) is 5.48. The number of rotatable bonds is 2. The maximum Gasteiger partial charge on any atom is 0.208 e. The van der Waals surface area contributed by atoms with Gasteiger partial charge in [-0.15, -0.1) is 0 Å². The average molecular weight is 231 g/mol. The second-order valence-electron chi connectivity index (χ2n) is 4.84. The number of aliphatic imine (C=N–C) groups is 1. The number of fused-ring (bicyclic) bond motifs is 1. The molecule has 2 rings (SSSR count). The maximum atomic E-state index is 12.0. The molecule has 17 heavy (non-hydrogen) atoms. The van der Waals surface area contributed by atoms with E-state index in [0.29, 0.717) is 18.1 Å². The number of allylic oxidation sites excluding steroid dienone is 4. The Morgan fingerprint density at radius 3 is 2.71 bits per heavy atom. The van der Waals surface area contributed by atoms with Crippen molar-refractivity contribution in [1.29, 1.82) is 0 Å². The summed E-state index contributed by atoms with van der Waals surface area (Å²) < 4.78 is 5.38. The molecule has 1 heterocycles. The van der Waals surface area contributed by atoms with Crippen LogP contribution in [0.3, 0.4) is 0 Å². The van der Waals surface area contributed by atoms with E-state index in [2.05, 4.69) is 11.1 Å². The summed E-state index contributed by atoms with van der Waals surface area (Å²) in [4.78, 5) is 16.5. The van der Waals surface area contributed by atoms with Crippen molar-refractivity contribution in [3.63, 3.8) is 0 Å². The second-order valence-corrected chi connectivity index (χ2v) is 4.84. The van der Waals surface area contributed by atoms with Gasteiger partial charge in [0.1, 0.15) is 11.5 Å². The smallest absolute Gasteiger partial charge is 0.208 e. The zero-order valence-corrected chi connectivity index (χ0v) is 10.7. The highest BCUT2D eigenvalue weighted by Gasteiger charge is 2.29. The van der Waals surface area contributed by atoms with Crippen molar-refractivity contribution in [2.45, 2.75) is 33.2 Å². The van der Waals surface area contributed by atoms with Crippen LogP contribution in [-0.4, -0.2) is 23.6 Å². The second kappa shape index (κ2) is 3.99. The number of hydrogen-bond acceptors (Lipinski definition) is 3. The van der Waals surface area contributed by atoms with Crippen LogP contribution in [0.1, 0.15) is 27.7 Å². The van der Waals surface area contributed by atoms with Crippen molar-refractivity contribution < 1.29 is 9.53 Å². The number of carbonyl (C=O) groups is 1. The van der Waals surface area contributed by atoms with Crippen molar-refractivity contribution in [2.24, 2.45) is 4.99 Å². The first-order chi connectivity index (χ1) is 7.93. The standard InChI is InChI=1S/C14H17NO2/c1-5-17-10-6-11-9(2)8-14(3,4)15-13(11)12(16)7-10/h6-8H,5H2,1-4H3. The lowest BCUT2D eigenvalue weighted by atomic mass is 9.87. The topological polar surface area (TPSA) is 38.7 Å². The van der Waals surface area contributed by atoms with E-state index in [4.69, 9.17) is 4.74 Å². The minimum absolute atomic E-state index is 0.0634. The van der Waals surface area contributed by atoms with E-state index < -0.39 is 0 Å². The molecule has 0 radical (unpaired) electrons. The van der Waals surface area contributed by atoms with Gasteiger partial charge < -0.3 is 4.74 Å². The van der Waals surface area contributed by atoms with Crippen LogP contribution in [0.2, 0.25) is 0 Å². The Morgan fingerprint density at radius 2 is 2.06 bits per heavy atom. The van der Waals surface area contributed by atoms with Gasteiger partial charge in [-0.2, -0.15) is 0 Å². The zero-order chi connectivity index (χ0) is 12.6. The van der Waals surface area contributed by atoms with Gasteiger partial charge in [0.15, 0.2) is 0 Å². The molecule has 0 atom stereocenters. The van der Waals surface area contributed by atoms with Crippen molar-refractivity contribution in [2.75, 3.05) is 6.61 Å². The van der Waals surface area contributed by atoms with Gasteiger partial charge in [0.2, 0.25) is 5.78 Å². The molecule has 3 nitrogen and oxygen atoms in total. The first-order valence-corrected chi connectivity index (χ1v) is 5.83. The average Bonchev–Trinajstić information content (AvgIpc) is 2.19. The third-order valence-electron chi connectivity index (χ3n) is 2.75. The molecule has 1 aliphatic carbocycles. The lowest BCUT2D eigenvalue weighted by Gasteiger charge is -2.27. The highest BCUT2D eigenvalue weighted by atomic mass is 16.5. The minimum Gasteiger partial charge on any atom is -0.494 e. The number of hydrogen-bond donors (Lipinski definition) is 0. The molecule has 0 saturated heterocycles. The Morgan fingerprint density at radius 1 is 1.35 bits per heavy atom. The molecular weight excluding hydrogens is 214 g/mol. The quantitative estimate of drug-likeness (QED) is 0.685. The van der Waals surface area contributed by atoms with Crippen LogP contribution in [0.5, 0.6) is 0 Å². The fraction of sp³-hybridized carbons (Fsp3) is 0.429. The lowest BCUT2D eigenvalue weighted by molar-refractivity contribution is -0.109. The predicted molar refractivity (Wildman–Crippen MR) is 68.1 cm³/mol. The van der Waals surface area contributed by atoms with Gasteiger partial charge in [0.05, 0.1) is 12.1 Å². The van der Waals surface area contributed by atoms with E-state index in [-0.39, 0.29) is 11.3 Å². The Labute approximate surface area is 102 Å². The first-order valence-electron chi connectivity index (χ1n) is 5.83. The lowest BCUT2D eigenvalue weighted by Crippen LogP contribution is -2.29. The van der Waals surface area contributed by atoms with Crippen LogP contribution in [0.15, 0.2) is 40.1 Å². The summed E-state index contributed by atoms with van der Waals surface area (Å²) in [6.45, 7) is 8.46. The highest BCUT2D eigenvalue weighted by Crippen LogP contribution is 2.29. The molecule has 90 valence electrons. The summed E-state index contributed by atoms with van der Waals surface area (Å²) in [6, 6.07) is 0. The summed E-state index contributed by atoms with van der Waals surface area (Å²) in [5.74, 6) is 0.561. The molecule has 1 aliphatic heterocycles. The molecule has 3 heteroatoms. The molecule has 0 aromatic heterocycles. The van der Waals surface area contributed by atoms with E-state index >= 15 is 0 Å². The molecule has 0 bridgehead atoms. The third-order valence-corrected chi connectivity index (χ3v) is 2.75. The number of ether oxygens (including phenoxy) is 1. The molecule has 2 aliphatic rings. The third kappa shape index (κ3) is 2.23. The van der Waals surface area contributed by atoms with Gasteiger partial charge in [-0.1, -0.05) is 6.08 Å². The monoisotopic (exact) mass is 231 g/mol. The molecule has 0 fully saturated rings. The molecule has 0 unspecified atom stereocenters. The van der Waals surface area contributed by atoms with E-state index in [1.807, 2.05) is 33.8 Å². The van der Waals surface area contributed by atoms with Gasteiger partial charge >= 0.3 is 0 Å². The van der Waals surface area contributed by atoms with Crippen LogP contribution in [-0.2, 0) is 9.53 Å². The van der Waals surface area contributed by atoms with Crippen LogP contribution in [0.4, 0.5) is 0 Å². The SMILES string of the molecule is CCOC1=CC(=O)C2=NC(C)(C)C=C(C)C2=C1. The van der Waals surface area contributed by atoms with Gasteiger partial charge in [-0.25, -0.2) is 0 Å². The molecule has 0 N–H and O–H groups in total. The summed E-state index contributed by atoms with van der Waals surface area (Å²) in [5, 5.41) is 0. The van der Waals surface area contributed by atoms with Gasteiger partial charge in [0.25, 0.3) is 0 Å². The Balaban J connectivity index is 2.46. The molecule has 0 saturated carbocycles. The fourth-order valence-corrected chi connectivity index (χ4v) is 2.18. The van der Waals surface area contributed by atoms with Gasteiger partial charge in [0, 0.05) is 11.6 Å². The number of ketones is 1. The van der Waals surface area contributed by atoms with Crippen LogP contribution in [0, 0.1) is 0 Å². The van der Waals surface area contributed by atoms with E-state index in [9.17, 15) is 4.79 Å². The van der Waals surface area contributed by atoms with Crippen LogP contribution in [0.25, 0.3) is 0 Å². The molecule has 0 spiro atoms. The van der Waals surface area contributed by atoms with Crippen molar-refractivity contribution in [1.82, 2.24) is 0 Å². The Kier molecular flexibility index (Phi) is 2.77. The maximum absolute atomic E-state index is 12.0. The van der Waals surface area contributed by atoms with Crippen molar-refractivity contribution in [3.8, 4) is 0 Å². The van der Waals surface area contributed by atoms with E-state index in [1.54, 1.807) is 0 Å². The highest BCUT2D eigenvalue weighted by molar-refractivity contribution is 6.52. The minimum atomic E-state index is -0.302. The Bertz CT molecular complexity index is 490. The Hall–Kier alpha value is -1.64. The fourth-order valence-electron chi connectivity index (χ4n) is 2.18. The predicted octanol–water partition coefficient (Wildman–Crippen LogP) is 2.60. The van der Waals surface area contributed by atoms with Crippen molar-refractivity contribution >= 4 is 11.5 Å². The zero-order valence-electron chi connectivity index (χ0n) is 10.7. The van der Waals surface area contributed by atoms with Crippen LogP contribution < -0.4 is 0 Å². The van der Waals surface area contributed by atoms with Gasteiger partial charge in [-0.05, 0) is 39.3 Å². The van der Waals surface area contributed by atoms with E-state index in [1.165, 1.54) is 6.08 Å². The molecular formula is C14H17NO2. The number of carbonyl (C=O) groups excluding carboxylic acids is 1. The largest absolute Gasteiger partial charge is 0.494 e. The molecule has 0 aromatic carbocycles. The summed E-state index contributed by atoms with van der Waals surface area (Å²) in [5.41, 5.74) is 2.22. The number of dihydropyridines is 1. The number of nitrogens with zero attached hydrogens (tertiary/aromatic N) is 1.